The smallest absolute Gasteiger partial charge is 0.264 e. The van der Waals surface area contributed by atoms with E-state index in [1.165, 1.54) is 26.0 Å². The molecule has 1 N–H and O–H groups in total. The van der Waals surface area contributed by atoms with E-state index in [0.717, 1.165) is 14.8 Å². The van der Waals surface area contributed by atoms with Gasteiger partial charge in [0, 0.05) is 11.0 Å². The second-order valence-corrected chi connectivity index (χ2v) is 9.88. The van der Waals surface area contributed by atoms with Crippen molar-refractivity contribution in [1.29, 1.82) is 0 Å². The average Bonchev–Trinajstić information content (AvgIpc) is 2.83. The van der Waals surface area contributed by atoms with Crippen LogP contribution in [0.5, 0.6) is 11.5 Å². The molecule has 9 heteroatoms. The van der Waals surface area contributed by atoms with Crippen LogP contribution in [0.1, 0.15) is 5.56 Å². The summed E-state index contributed by atoms with van der Waals surface area (Å²) in [7, 11) is -1.00. The van der Waals surface area contributed by atoms with Gasteiger partial charge in [-0.2, -0.15) is 0 Å². The van der Waals surface area contributed by atoms with Crippen LogP contribution in [0.3, 0.4) is 0 Å². The molecule has 0 atom stereocenters. The quantitative estimate of drug-likeness (QED) is 0.446. The lowest BCUT2D eigenvalue weighted by molar-refractivity contribution is -0.114. The van der Waals surface area contributed by atoms with Crippen molar-refractivity contribution in [3.05, 3.63) is 72.3 Å². The molecular formula is C24H26N2O5S2. The molecule has 0 aliphatic carbocycles. The molecule has 0 radical (unpaired) electrons. The number of nitrogens with zero attached hydrogens (tertiary/aromatic N) is 1. The molecule has 3 aromatic carbocycles. The Balaban J connectivity index is 1.95. The van der Waals surface area contributed by atoms with Gasteiger partial charge < -0.3 is 14.8 Å². The van der Waals surface area contributed by atoms with E-state index in [0.29, 0.717) is 22.9 Å². The molecule has 0 saturated carbocycles. The summed E-state index contributed by atoms with van der Waals surface area (Å²) in [5.74, 6) is 0.441. The number of amides is 1. The van der Waals surface area contributed by atoms with E-state index < -0.39 is 22.5 Å². The minimum atomic E-state index is -4.00. The van der Waals surface area contributed by atoms with Crippen LogP contribution in [0.15, 0.2) is 76.5 Å². The topological polar surface area (TPSA) is 84.9 Å². The Labute approximate surface area is 198 Å². The van der Waals surface area contributed by atoms with Crippen molar-refractivity contribution in [3.8, 4) is 11.5 Å². The van der Waals surface area contributed by atoms with E-state index in [9.17, 15) is 13.2 Å². The number of sulfonamides is 1. The standard InChI is InChI=1S/C24H26N2O5S2/c1-17-5-7-18(8-6-17)26(33(28,29)21-12-10-20(32-4)11-13-21)16-24(27)25-22-15-19(30-2)9-14-23(22)31-3/h5-15H,16H2,1-4H3,(H,25,27). The van der Waals surface area contributed by atoms with Gasteiger partial charge in [0.15, 0.2) is 0 Å². The van der Waals surface area contributed by atoms with Crippen LogP contribution in [-0.4, -0.2) is 41.3 Å². The number of nitrogens with one attached hydrogen (secondary N) is 1. The predicted octanol–water partition coefficient (Wildman–Crippen LogP) is 4.57. The van der Waals surface area contributed by atoms with Gasteiger partial charge >= 0.3 is 0 Å². The van der Waals surface area contributed by atoms with Gasteiger partial charge in [-0.25, -0.2) is 8.42 Å². The molecule has 1 amide bonds. The summed E-state index contributed by atoms with van der Waals surface area (Å²) in [4.78, 5) is 14.0. The summed E-state index contributed by atoms with van der Waals surface area (Å²) >= 11 is 1.52. The third-order valence-corrected chi connectivity index (χ3v) is 7.47. The Morgan fingerprint density at radius 2 is 1.64 bits per heavy atom. The van der Waals surface area contributed by atoms with Crippen LogP contribution < -0.4 is 19.1 Å². The van der Waals surface area contributed by atoms with Gasteiger partial charge in [-0.3, -0.25) is 9.10 Å². The number of methoxy groups -OCH3 is 2. The van der Waals surface area contributed by atoms with Crippen molar-refractivity contribution >= 4 is 39.1 Å². The summed E-state index contributed by atoms with van der Waals surface area (Å²) in [5, 5.41) is 2.74. The van der Waals surface area contributed by atoms with Crippen molar-refractivity contribution in [2.24, 2.45) is 0 Å². The molecule has 0 aliphatic heterocycles. The number of rotatable bonds is 9. The molecule has 3 aromatic rings. The minimum Gasteiger partial charge on any atom is -0.497 e. The molecule has 174 valence electrons. The van der Waals surface area contributed by atoms with E-state index in [2.05, 4.69) is 5.32 Å². The number of aryl methyl sites for hydroxylation is 1. The van der Waals surface area contributed by atoms with Crippen molar-refractivity contribution in [2.45, 2.75) is 16.7 Å². The number of carbonyl (C=O) groups excluding carboxylic acids is 1. The zero-order valence-electron chi connectivity index (χ0n) is 18.9. The monoisotopic (exact) mass is 486 g/mol. The minimum absolute atomic E-state index is 0.104. The van der Waals surface area contributed by atoms with Gasteiger partial charge in [-0.15, -0.1) is 11.8 Å². The van der Waals surface area contributed by atoms with Gasteiger partial charge in [-0.1, -0.05) is 17.7 Å². The lowest BCUT2D eigenvalue weighted by Crippen LogP contribution is -2.38. The first-order valence-electron chi connectivity index (χ1n) is 10.0. The van der Waals surface area contributed by atoms with Crippen molar-refractivity contribution in [2.75, 3.05) is 36.6 Å². The Hall–Kier alpha value is -3.17. The highest BCUT2D eigenvalue weighted by Crippen LogP contribution is 2.30. The number of anilines is 2. The maximum absolute atomic E-state index is 13.5. The highest BCUT2D eigenvalue weighted by Gasteiger charge is 2.27. The number of benzene rings is 3. The van der Waals surface area contributed by atoms with Crippen LogP contribution in [0, 0.1) is 6.92 Å². The third-order valence-electron chi connectivity index (χ3n) is 4.94. The molecule has 0 unspecified atom stereocenters. The Morgan fingerprint density at radius 3 is 2.21 bits per heavy atom. The molecular weight excluding hydrogens is 460 g/mol. The van der Waals surface area contributed by atoms with Crippen LogP contribution in [0.4, 0.5) is 11.4 Å². The zero-order valence-corrected chi connectivity index (χ0v) is 20.5. The maximum Gasteiger partial charge on any atom is 0.264 e. The Kier molecular flexibility index (Phi) is 7.88. The fourth-order valence-corrected chi connectivity index (χ4v) is 4.96. The number of ether oxygens (including phenoxy) is 2. The summed E-state index contributed by atoms with van der Waals surface area (Å²) in [6.07, 6.45) is 1.92. The second-order valence-electron chi connectivity index (χ2n) is 7.14. The lowest BCUT2D eigenvalue weighted by Gasteiger charge is -2.24. The zero-order chi connectivity index (χ0) is 24.0. The summed E-state index contributed by atoms with van der Waals surface area (Å²) in [5.41, 5.74) is 1.75. The number of carbonyl (C=O) groups is 1. The SMILES string of the molecule is COc1ccc(OC)c(NC(=O)CN(c2ccc(C)cc2)S(=O)(=O)c2ccc(SC)cc2)c1. The molecule has 0 spiro atoms. The molecule has 3 rings (SSSR count). The van der Waals surface area contributed by atoms with E-state index in [1.54, 1.807) is 66.7 Å². The molecule has 0 saturated heterocycles. The van der Waals surface area contributed by atoms with Crippen molar-refractivity contribution < 1.29 is 22.7 Å². The van der Waals surface area contributed by atoms with Crippen LogP contribution in [0.2, 0.25) is 0 Å². The van der Waals surface area contributed by atoms with E-state index in [4.69, 9.17) is 9.47 Å². The molecule has 0 fully saturated rings. The predicted molar refractivity (Wildman–Crippen MR) is 132 cm³/mol. The molecule has 0 aromatic heterocycles. The van der Waals surface area contributed by atoms with Crippen molar-refractivity contribution in [3.63, 3.8) is 0 Å². The van der Waals surface area contributed by atoms with Crippen LogP contribution in [0.25, 0.3) is 0 Å². The average molecular weight is 487 g/mol. The van der Waals surface area contributed by atoms with Gasteiger partial charge in [0.25, 0.3) is 10.0 Å². The van der Waals surface area contributed by atoms with Crippen molar-refractivity contribution in [1.82, 2.24) is 0 Å². The maximum atomic E-state index is 13.5. The number of hydrogen-bond acceptors (Lipinski definition) is 6. The van der Waals surface area contributed by atoms with Gasteiger partial charge in [-0.05, 0) is 61.7 Å². The Morgan fingerprint density at radius 1 is 0.970 bits per heavy atom. The van der Waals surface area contributed by atoms with Gasteiger partial charge in [0.2, 0.25) is 5.91 Å². The van der Waals surface area contributed by atoms with E-state index in [1.807, 2.05) is 13.2 Å². The molecule has 0 heterocycles. The largest absolute Gasteiger partial charge is 0.497 e. The number of thioether (sulfide) groups is 1. The fourth-order valence-electron chi connectivity index (χ4n) is 3.13. The molecule has 33 heavy (non-hydrogen) atoms. The summed E-state index contributed by atoms with van der Waals surface area (Å²) in [6, 6.07) is 18.5. The van der Waals surface area contributed by atoms with Gasteiger partial charge in [0.1, 0.15) is 18.0 Å². The lowest BCUT2D eigenvalue weighted by atomic mass is 10.2. The first-order valence-corrected chi connectivity index (χ1v) is 12.7. The van der Waals surface area contributed by atoms with E-state index >= 15 is 0 Å². The Bertz CT molecular complexity index is 1210. The first kappa shape index (κ1) is 24.5. The van der Waals surface area contributed by atoms with E-state index in [-0.39, 0.29) is 4.90 Å². The highest BCUT2D eigenvalue weighted by molar-refractivity contribution is 7.98. The molecule has 0 bridgehead atoms. The number of hydrogen-bond donors (Lipinski definition) is 1. The summed E-state index contributed by atoms with van der Waals surface area (Å²) in [6.45, 7) is 1.49. The second kappa shape index (κ2) is 10.6. The van der Waals surface area contributed by atoms with Crippen LogP contribution >= 0.6 is 11.8 Å². The fraction of sp³-hybridized carbons (Fsp3) is 0.208. The van der Waals surface area contributed by atoms with Gasteiger partial charge in [0.05, 0.1) is 30.5 Å². The normalized spacial score (nSPS) is 11.0. The molecule has 7 nitrogen and oxygen atoms in total. The van der Waals surface area contributed by atoms with Crippen LogP contribution in [-0.2, 0) is 14.8 Å². The first-order chi connectivity index (χ1) is 15.8. The third kappa shape index (κ3) is 5.80. The highest BCUT2D eigenvalue weighted by atomic mass is 32.2. The summed E-state index contributed by atoms with van der Waals surface area (Å²) < 4.78 is 38.7. The molecule has 0 aliphatic rings.